The van der Waals surface area contributed by atoms with Crippen LogP contribution in [-0.4, -0.2) is 16.1 Å². The molecule has 0 saturated heterocycles. The number of carbonyl (C=O) groups is 1. The number of nitrogens with one attached hydrogen (secondary N) is 2. The van der Waals surface area contributed by atoms with Crippen LogP contribution in [0, 0.1) is 0 Å². The normalized spacial score (nSPS) is 11.2. The van der Waals surface area contributed by atoms with Crippen LogP contribution in [0.2, 0.25) is 0 Å². The molecule has 6 nitrogen and oxygen atoms in total. The standard InChI is InChI=1S/C12H9F3N4O2/c13-12(14,15)7-3-1-2-6(10(7)16)11(21)17-8-4-5-9(20)19-18-8/h1-5H,16H2,(H,19,20)(H,17,18,21). The molecule has 1 aromatic carbocycles. The molecule has 1 heterocycles. The van der Waals surface area contributed by atoms with Gasteiger partial charge in [0.1, 0.15) is 0 Å². The van der Waals surface area contributed by atoms with Gasteiger partial charge in [-0.05, 0) is 18.2 Å². The van der Waals surface area contributed by atoms with Gasteiger partial charge in [0.2, 0.25) is 0 Å². The topological polar surface area (TPSA) is 101 Å². The smallest absolute Gasteiger partial charge is 0.398 e. The number of amides is 1. The van der Waals surface area contributed by atoms with Gasteiger partial charge in [0.05, 0.1) is 16.8 Å². The number of rotatable bonds is 2. The second-order valence-corrected chi connectivity index (χ2v) is 4.03. The fourth-order valence-electron chi connectivity index (χ4n) is 1.61. The van der Waals surface area contributed by atoms with Gasteiger partial charge in [0.15, 0.2) is 5.82 Å². The molecule has 4 N–H and O–H groups in total. The van der Waals surface area contributed by atoms with Gasteiger partial charge >= 0.3 is 6.18 Å². The van der Waals surface area contributed by atoms with Crippen LogP contribution in [0.3, 0.4) is 0 Å². The molecular formula is C12H9F3N4O2. The number of hydrogen-bond donors (Lipinski definition) is 3. The number of alkyl halides is 3. The van der Waals surface area contributed by atoms with Crippen molar-refractivity contribution in [2.45, 2.75) is 6.18 Å². The summed E-state index contributed by atoms with van der Waals surface area (Å²) in [7, 11) is 0. The Morgan fingerprint density at radius 3 is 2.52 bits per heavy atom. The molecule has 0 unspecified atom stereocenters. The van der Waals surface area contributed by atoms with E-state index in [-0.39, 0.29) is 11.4 Å². The molecule has 0 atom stereocenters. The Balaban J connectivity index is 2.32. The van der Waals surface area contributed by atoms with E-state index in [1.165, 1.54) is 6.07 Å². The van der Waals surface area contributed by atoms with Crippen molar-refractivity contribution < 1.29 is 18.0 Å². The summed E-state index contributed by atoms with van der Waals surface area (Å²) in [4.78, 5) is 22.7. The molecule has 0 bridgehead atoms. The van der Waals surface area contributed by atoms with Gasteiger partial charge in [-0.2, -0.15) is 18.3 Å². The third-order valence-corrected chi connectivity index (χ3v) is 2.58. The number of aromatic nitrogens is 2. The van der Waals surface area contributed by atoms with E-state index in [9.17, 15) is 22.8 Å². The first-order valence-corrected chi connectivity index (χ1v) is 5.62. The summed E-state index contributed by atoms with van der Waals surface area (Å²) in [6, 6.07) is 5.34. The molecule has 2 aromatic rings. The molecule has 1 aromatic heterocycles. The molecule has 110 valence electrons. The molecule has 0 saturated carbocycles. The number of para-hydroxylation sites is 1. The third kappa shape index (κ3) is 3.19. The number of halogens is 3. The maximum absolute atomic E-state index is 12.7. The zero-order valence-electron chi connectivity index (χ0n) is 10.4. The minimum Gasteiger partial charge on any atom is -0.398 e. The number of hydrogen-bond acceptors (Lipinski definition) is 4. The van der Waals surface area contributed by atoms with E-state index in [1.807, 2.05) is 0 Å². The molecule has 2 rings (SSSR count). The highest BCUT2D eigenvalue weighted by molar-refractivity contribution is 6.07. The highest BCUT2D eigenvalue weighted by atomic mass is 19.4. The lowest BCUT2D eigenvalue weighted by atomic mass is 10.1. The monoisotopic (exact) mass is 298 g/mol. The van der Waals surface area contributed by atoms with Crippen LogP contribution < -0.4 is 16.6 Å². The van der Waals surface area contributed by atoms with E-state index in [2.05, 4.69) is 15.5 Å². The number of anilines is 2. The van der Waals surface area contributed by atoms with Crippen molar-refractivity contribution >= 4 is 17.4 Å². The van der Waals surface area contributed by atoms with Crippen molar-refractivity contribution in [1.29, 1.82) is 0 Å². The zero-order valence-corrected chi connectivity index (χ0v) is 10.4. The summed E-state index contributed by atoms with van der Waals surface area (Å²) < 4.78 is 38.1. The van der Waals surface area contributed by atoms with Gasteiger partial charge in [0, 0.05) is 6.07 Å². The molecule has 0 aliphatic rings. The predicted molar refractivity (Wildman–Crippen MR) is 68.7 cm³/mol. The van der Waals surface area contributed by atoms with Crippen LogP contribution in [0.5, 0.6) is 0 Å². The van der Waals surface area contributed by atoms with E-state index >= 15 is 0 Å². The number of nitrogens with two attached hydrogens (primary N) is 1. The number of H-pyrrole nitrogens is 1. The minimum absolute atomic E-state index is 0.0172. The van der Waals surface area contributed by atoms with Crippen LogP contribution in [0.25, 0.3) is 0 Å². The van der Waals surface area contributed by atoms with Gasteiger partial charge in [-0.1, -0.05) is 6.07 Å². The summed E-state index contributed by atoms with van der Waals surface area (Å²) in [5.41, 5.74) is 2.81. The lowest BCUT2D eigenvalue weighted by molar-refractivity contribution is -0.136. The number of benzene rings is 1. The van der Waals surface area contributed by atoms with Gasteiger partial charge in [-0.25, -0.2) is 5.10 Å². The molecule has 0 aliphatic heterocycles. The van der Waals surface area contributed by atoms with Gasteiger partial charge in [0.25, 0.3) is 11.5 Å². The molecule has 1 amide bonds. The molecule has 0 spiro atoms. The van der Waals surface area contributed by atoms with Crippen molar-refractivity contribution in [2.24, 2.45) is 0 Å². The van der Waals surface area contributed by atoms with Gasteiger partial charge in [-0.3, -0.25) is 9.59 Å². The van der Waals surface area contributed by atoms with Gasteiger partial charge in [-0.15, -0.1) is 0 Å². The first kappa shape index (κ1) is 14.6. The maximum Gasteiger partial charge on any atom is 0.418 e. The fraction of sp³-hybridized carbons (Fsp3) is 0.0833. The summed E-state index contributed by atoms with van der Waals surface area (Å²) in [5, 5.41) is 7.82. The first-order chi connectivity index (χ1) is 9.79. The van der Waals surface area contributed by atoms with Crippen LogP contribution in [0.4, 0.5) is 24.7 Å². The summed E-state index contributed by atoms with van der Waals surface area (Å²) in [6.45, 7) is 0. The quantitative estimate of drug-likeness (QED) is 0.733. The second kappa shape index (κ2) is 5.27. The molecule has 0 fully saturated rings. The van der Waals surface area contributed by atoms with Crippen molar-refractivity contribution in [3.05, 3.63) is 51.8 Å². The zero-order chi connectivity index (χ0) is 15.6. The number of nitrogens with zero attached hydrogens (tertiary/aromatic N) is 1. The van der Waals surface area contributed by atoms with Crippen molar-refractivity contribution in [3.8, 4) is 0 Å². The number of aromatic amines is 1. The van der Waals surface area contributed by atoms with Crippen LogP contribution in [-0.2, 0) is 6.18 Å². The molecule has 9 heteroatoms. The Morgan fingerprint density at radius 1 is 1.24 bits per heavy atom. The van der Waals surface area contributed by atoms with Crippen LogP contribution in [0.15, 0.2) is 35.1 Å². The first-order valence-electron chi connectivity index (χ1n) is 5.62. The highest BCUT2D eigenvalue weighted by Gasteiger charge is 2.34. The van der Waals surface area contributed by atoms with Crippen LogP contribution in [0.1, 0.15) is 15.9 Å². The second-order valence-electron chi connectivity index (χ2n) is 4.03. The SMILES string of the molecule is Nc1c(C(=O)Nc2ccc(=O)[nH]n2)cccc1C(F)(F)F. The Hall–Kier alpha value is -2.84. The van der Waals surface area contributed by atoms with Crippen molar-refractivity contribution in [2.75, 3.05) is 11.1 Å². The largest absolute Gasteiger partial charge is 0.418 e. The molecule has 0 radical (unpaired) electrons. The Labute approximate surface area is 115 Å². The highest BCUT2D eigenvalue weighted by Crippen LogP contribution is 2.35. The van der Waals surface area contributed by atoms with E-state index in [4.69, 9.17) is 5.73 Å². The van der Waals surface area contributed by atoms with E-state index in [0.29, 0.717) is 0 Å². The average molecular weight is 298 g/mol. The summed E-state index contributed by atoms with van der Waals surface area (Å²) in [5.74, 6) is -0.880. The third-order valence-electron chi connectivity index (χ3n) is 2.58. The fourth-order valence-corrected chi connectivity index (χ4v) is 1.61. The summed E-state index contributed by atoms with van der Waals surface area (Å²) >= 11 is 0. The molecule has 21 heavy (non-hydrogen) atoms. The van der Waals surface area contributed by atoms with Crippen molar-refractivity contribution in [1.82, 2.24) is 10.2 Å². The van der Waals surface area contributed by atoms with E-state index in [0.717, 1.165) is 24.3 Å². The van der Waals surface area contributed by atoms with Crippen LogP contribution >= 0.6 is 0 Å². The average Bonchev–Trinajstić information content (AvgIpc) is 2.40. The van der Waals surface area contributed by atoms with E-state index < -0.39 is 28.9 Å². The van der Waals surface area contributed by atoms with Gasteiger partial charge < -0.3 is 11.1 Å². The Morgan fingerprint density at radius 2 is 1.95 bits per heavy atom. The number of nitrogen functional groups attached to an aromatic ring is 1. The Bertz CT molecular complexity index is 720. The molecule has 0 aliphatic carbocycles. The predicted octanol–water partition coefficient (Wildman–Crippen LogP) is 1.62. The maximum atomic E-state index is 12.7. The molecular weight excluding hydrogens is 289 g/mol. The lowest BCUT2D eigenvalue weighted by Gasteiger charge is -2.13. The minimum atomic E-state index is -4.66. The summed E-state index contributed by atoms with van der Waals surface area (Å²) in [6.07, 6.45) is -4.66. The Kier molecular flexibility index (Phi) is 3.66. The lowest BCUT2D eigenvalue weighted by Crippen LogP contribution is -2.19. The van der Waals surface area contributed by atoms with Crippen molar-refractivity contribution in [3.63, 3.8) is 0 Å². The number of carbonyl (C=O) groups excluding carboxylic acids is 1. The van der Waals surface area contributed by atoms with E-state index in [1.54, 1.807) is 0 Å².